The van der Waals surface area contributed by atoms with E-state index in [9.17, 15) is 17.6 Å². The van der Waals surface area contributed by atoms with Crippen LogP contribution < -0.4 is 10.0 Å². The molecule has 2 N–H and O–H groups in total. The predicted octanol–water partition coefficient (Wildman–Crippen LogP) is 4.80. The molecule has 1 amide bonds. The summed E-state index contributed by atoms with van der Waals surface area (Å²) in [5.74, 6) is -0.836. The minimum Gasteiger partial charge on any atom is -0.322 e. The van der Waals surface area contributed by atoms with Crippen molar-refractivity contribution >= 4 is 48.9 Å². The number of fused-ring (bicyclic) bond motifs is 1. The fraction of sp³-hybridized carbons (Fsp3) is 0.0476. The number of benzene rings is 3. The fourth-order valence-electron chi connectivity index (χ4n) is 2.84. The van der Waals surface area contributed by atoms with E-state index in [-0.39, 0.29) is 16.5 Å². The second kappa shape index (κ2) is 7.85. The molecule has 1 aromatic heterocycles. The summed E-state index contributed by atoms with van der Waals surface area (Å²) in [6, 6.07) is 16.0. The van der Waals surface area contributed by atoms with E-state index in [4.69, 9.17) is 0 Å². The summed E-state index contributed by atoms with van der Waals surface area (Å²) >= 11 is 1.55. The molecule has 0 radical (unpaired) electrons. The lowest BCUT2D eigenvalue weighted by Gasteiger charge is -2.09. The number of hydrogen-bond acceptors (Lipinski definition) is 5. The second-order valence-corrected chi connectivity index (χ2v) is 9.42. The van der Waals surface area contributed by atoms with Gasteiger partial charge < -0.3 is 5.32 Å². The lowest BCUT2D eigenvalue weighted by molar-refractivity contribution is 0.102. The average molecular weight is 442 g/mol. The Morgan fingerprint density at radius 2 is 1.63 bits per heavy atom. The van der Waals surface area contributed by atoms with Crippen molar-refractivity contribution in [2.75, 3.05) is 10.0 Å². The number of rotatable bonds is 5. The second-order valence-electron chi connectivity index (χ2n) is 6.51. The molecule has 0 spiro atoms. The van der Waals surface area contributed by atoms with Gasteiger partial charge in [-0.15, -0.1) is 11.3 Å². The number of halogens is 1. The third-order valence-electron chi connectivity index (χ3n) is 4.28. The third kappa shape index (κ3) is 4.32. The van der Waals surface area contributed by atoms with Gasteiger partial charge >= 0.3 is 0 Å². The highest BCUT2D eigenvalue weighted by Gasteiger charge is 2.15. The van der Waals surface area contributed by atoms with Crippen LogP contribution in [-0.4, -0.2) is 19.3 Å². The summed E-state index contributed by atoms with van der Waals surface area (Å²) in [5, 5.41) is 3.78. The highest BCUT2D eigenvalue weighted by atomic mass is 32.2. The highest BCUT2D eigenvalue weighted by molar-refractivity contribution is 7.92. The Kier molecular flexibility index (Phi) is 5.23. The zero-order valence-corrected chi connectivity index (χ0v) is 17.4. The van der Waals surface area contributed by atoms with Crippen LogP contribution in [0.5, 0.6) is 0 Å². The summed E-state index contributed by atoms with van der Waals surface area (Å²) in [7, 11) is -3.85. The van der Waals surface area contributed by atoms with Crippen LogP contribution in [-0.2, 0) is 10.0 Å². The molecule has 0 aliphatic heterocycles. The van der Waals surface area contributed by atoms with Crippen LogP contribution in [0.3, 0.4) is 0 Å². The molecule has 0 fully saturated rings. The van der Waals surface area contributed by atoms with E-state index in [1.807, 2.05) is 19.1 Å². The van der Waals surface area contributed by atoms with Gasteiger partial charge in [0.1, 0.15) is 5.82 Å². The number of sulfonamides is 1. The number of amides is 1. The van der Waals surface area contributed by atoms with Gasteiger partial charge in [0.25, 0.3) is 15.9 Å². The molecule has 0 unspecified atom stereocenters. The fourth-order valence-corrected chi connectivity index (χ4v) is 4.76. The van der Waals surface area contributed by atoms with Gasteiger partial charge in [0.05, 0.1) is 20.1 Å². The number of nitrogens with zero attached hydrogens (tertiary/aromatic N) is 1. The summed E-state index contributed by atoms with van der Waals surface area (Å²) in [6.45, 7) is 1.93. The Labute approximate surface area is 176 Å². The van der Waals surface area contributed by atoms with Gasteiger partial charge in [0.2, 0.25) is 0 Å². The Morgan fingerprint density at radius 3 is 2.33 bits per heavy atom. The third-order valence-corrected chi connectivity index (χ3v) is 6.61. The smallest absolute Gasteiger partial charge is 0.261 e. The van der Waals surface area contributed by atoms with Gasteiger partial charge in [-0.05, 0) is 73.7 Å². The number of carbonyl (C=O) groups is 1. The van der Waals surface area contributed by atoms with Gasteiger partial charge in [-0.1, -0.05) is 0 Å². The molecule has 0 saturated heterocycles. The van der Waals surface area contributed by atoms with Gasteiger partial charge in [0, 0.05) is 16.9 Å². The maximum absolute atomic E-state index is 13.0. The average Bonchev–Trinajstić information content (AvgIpc) is 3.08. The number of aromatic nitrogens is 1. The van der Waals surface area contributed by atoms with E-state index in [1.54, 1.807) is 17.4 Å². The lowest BCUT2D eigenvalue weighted by Crippen LogP contribution is -2.14. The van der Waals surface area contributed by atoms with Crippen molar-refractivity contribution in [2.24, 2.45) is 0 Å². The van der Waals surface area contributed by atoms with E-state index in [1.165, 1.54) is 36.4 Å². The highest BCUT2D eigenvalue weighted by Crippen LogP contribution is 2.25. The quantitative estimate of drug-likeness (QED) is 0.466. The van der Waals surface area contributed by atoms with Gasteiger partial charge in [0.15, 0.2) is 0 Å². The molecule has 4 rings (SSSR count). The summed E-state index contributed by atoms with van der Waals surface area (Å²) in [6.07, 6.45) is 0. The molecular formula is C21H16FN3O3S2. The van der Waals surface area contributed by atoms with Crippen molar-refractivity contribution in [3.63, 3.8) is 0 Å². The van der Waals surface area contributed by atoms with E-state index in [2.05, 4.69) is 15.0 Å². The molecule has 3 aromatic carbocycles. The number of carbonyl (C=O) groups excluding carboxylic acids is 1. The molecule has 6 nitrogen and oxygen atoms in total. The molecule has 4 aromatic rings. The van der Waals surface area contributed by atoms with Gasteiger partial charge in [-0.3, -0.25) is 9.52 Å². The van der Waals surface area contributed by atoms with Crippen molar-refractivity contribution in [2.45, 2.75) is 11.8 Å². The number of nitrogens with one attached hydrogen (secondary N) is 2. The molecule has 0 aliphatic rings. The minimum atomic E-state index is -3.85. The first-order valence-electron chi connectivity index (χ1n) is 8.87. The Bertz CT molecular complexity index is 1330. The monoisotopic (exact) mass is 441 g/mol. The number of aryl methyl sites for hydroxylation is 1. The van der Waals surface area contributed by atoms with Crippen LogP contribution >= 0.6 is 11.3 Å². The molecule has 0 atom stereocenters. The molecule has 1 heterocycles. The van der Waals surface area contributed by atoms with Gasteiger partial charge in [-0.25, -0.2) is 17.8 Å². The first-order valence-corrected chi connectivity index (χ1v) is 11.2. The van der Waals surface area contributed by atoms with E-state index >= 15 is 0 Å². The molecule has 0 bridgehead atoms. The first kappa shape index (κ1) is 20.0. The number of hydrogen-bond donors (Lipinski definition) is 2. The van der Waals surface area contributed by atoms with Crippen LogP contribution in [0.2, 0.25) is 0 Å². The van der Waals surface area contributed by atoms with Crippen molar-refractivity contribution in [1.82, 2.24) is 4.98 Å². The van der Waals surface area contributed by atoms with Crippen LogP contribution in [0.1, 0.15) is 15.4 Å². The van der Waals surface area contributed by atoms with Crippen LogP contribution in [0.4, 0.5) is 15.8 Å². The van der Waals surface area contributed by atoms with E-state index < -0.39 is 15.8 Å². The van der Waals surface area contributed by atoms with Crippen molar-refractivity contribution < 1.29 is 17.6 Å². The van der Waals surface area contributed by atoms with Crippen molar-refractivity contribution in [3.8, 4) is 0 Å². The Morgan fingerprint density at radius 1 is 0.967 bits per heavy atom. The van der Waals surface area contributed by atoms with Crippen LogP contribution in [0.25, 0.3) is 10.2 Å². The van der Waals surface area contributed by atoms with Gasteiger partial charge in [-0.2, -0.15) is 0 Å². The first-order chi connectivity index (χ1) is 14.3. The van der Waals surface area contributed by atoms with E-state index in [0.717, 1.165) is 27.4 Å². The molecule has 152 valence electrons. The standard InChI is InChI=1S/C21H16FN3O3S2/c1-13-23-19-11-8-17(12-20(19)29-13)24-21(26)14-2-6-16(7-3-14)25-30(27,28)18-9-4-15(22)5-10-18/h2-12,25H,1H3,(H,24,26). The Balaban J connectivity index is 1.46. The minimum absolute atomic E-state index is 0.0561. The van der Waals surface area contributed by atoms with Crippen LogP contribution in [0, 0.1) is 12.7 Å². The SMILES string of the molecule is Cc1nc2ccc(NC(=O)c3ccc(NS(=O)(=O)c4ccc(F)cc4)cc3)cc2s1. The summed E-state index contributed by atoms with van der Waals surface area (Å²) in [4.78, 5) is 16.8. The van der Waals surface area contributed by atoms with Crippen molar-refractivity contribution in [1.29, 1.82) is 0 Å². The van der Waals surface area contributed by atoms with Crippen LogP contribution in [0.15, 0.2) is 71.6 Å². The van der Waals surface area contributed by atoms with E-state index in [0.29, 0.717) is 11.3 Å². The largest absolute Gasteiger partial charge is 0.322 e. The number of thiazole rings is 1. The Hall–Kier alpha value is -3.30. The zero-order valence-electron chi connectivity index (χ0n) is 15.7. The topological polar surface area (TPSA) is 88.2 Å². The normalized spacial score (nSPS) is 11.4. The maximum Gasteiger partial charge on any atom is 0.261 e. The maximum atomic E-state index is 13.0. The molecule has 0 saturated carbocycles. The zero-order chi connectivity index (χ0) is 21.3. The summed E-state index contributed by atoms with van der Waals surface area (Å²) in [5.41, 5.74) is 2.20. The number of anilines is 2. The molecule has 0 aliphatic carbocycles. The lowest BCUT2D eigenvalue weighted by atomic mass is 10.2. The molecule has 30 heavy (non-hydrogen) atoms. The predicted molar refractivity (Wildman–Crippen MR) is 116 cm³/mol. The molecular weight excluding hydrogens is 425 g/mol. The van der Waals surface area contributed by atoms with Crippen molar-refractivity contribution in [3.05, 3.63) is 83.1 Å². The summed E-state index contributed by atoms with van der Waals surface area (Å²) < 4.78 is 41.1. The molecule has 9 heteroatoms.